The molecule has 0 saturated heterocycles. The summed E-state index contributed by atoms with van der Waals surface area (Å²) in [4.78, 5) is 38.7. The van der Waals surface area contributed by atoms with Gasteiger partial charge in [0.25, 0.3) is 0 Å². The van der Waals surface area contributed by atoms with Crippen LogP contribution in [0.2, 0.25) is 0 Å². The molecule has 0 bridgehead atoms. The summed E-state index contributed by atoms with van der Waals surface area (Å²) < 4.78 is 0. The predicted octanol–water partition coefficient (Wildman–Crippen LogP) is 0.672. The van der Waals surface area contributed by atoms with E-state index in [0.29, 0.717) is 13.1 Å². The zero-order chi connectivity index (χ0) is 17.2. The van der Waals surface area contributed by atoms with E-state index in [1.54, 1.807) is 11.9 Å². The standard InChI is InChI=1S/C17H25N3O3/c1-4-20(5-2)17(23)13-19(3)16(22)12-18-15(21)11-14-9-7-6-8-10-14/h6-10H,4-5,11-13H2,1-3H3,(H,18,21). The Labute approximate surface area is 137 Å². The molecule has 0 aliphatic rings. The lowest BCUT2D eigenvalue weighted by Crippen LogP contribution is -2.44. The van der Waals surface area contributed by atoms with Crippen LogP contribution >= 0.6 is 0 Å². The molecule has 0 aliphatic carbocycles. The van der Waals surface area contributed by atoms with Crippen molar-refractivity contribution < 1.29 is 14.4 Å². The maximum atomic E-state index is 12.0. The summed E-state index contributed by atoms with van der Waals surface area (Å²) in [5, 5.41) is 2.59. The summed E-state index contributed by atoms with van der Waals surface area (Å²) in [6.07, 6.45) is 0.232. The molecule has 1 aromatic rings. The second-order valence-electron chi connectivity index (χ2n) is 5.25. The lowest BCUT2D eigenvalue weighted by Gasteiger charge is -2.23. The second-order valence-corrected chi connectivity index (χ2v) is 5.25. The fourth-order valence-electron chi connectivity index (χ4n) is 2.12. The Kier molecular flexibility index (Phi) is 7.80. The molecule has 0 atom stereocenters. The Hall–Kier alpha value is -2.37. The maximum Gasteiger partial charge on any atom is 0.242 e. The van der Waals surface area contributed by atoms with Crippen molar-refractivity contribution in [3.05, 3.63) is 35.9 Å². The first-order valence-corrected chi connectivity index (χ1v) is 7.80. The summed E-state index contributed by atoms with van der Waals surface area (Å²) >= 11 is 0. The average Bonchev–Trinajstić information content (AvgIpc) is 2.54. The maximum absolute atomic E-state index is 12.0. The molecule has 1 aromatic carbocycles. The molecule has 1 rings (SSSR count). The monoisotopic (exact) mass is 319 g/mol. The molecule has 0 aromatic heterocycles. The normalized spacial score (nSPS) is 10.0. The zero-order valence-electron chi connectivity index (χ0n) is 14.0. The van der Waals surface area contributed by atoms with Crippen LogP contribution in [0.15, 0.2) is 30.3 Å². The van der Waals surface area contributed by atoms with Gasteiger partial charge in [-0.3, -0.25) is 14.4 Å². The van der Waals surface area contributed by atoms with Crippen molar-refractivity contribution in [3.8, 4) is 0 Å². The molecule has 0 radical (unpaired) electrons. The van der Waals surface area contributed by atoms with E-state index in [-0.39, 0.29) is 37.2 Å². The molecule has 0 aliphatic heterocycles. The quantitative estimate of drug-likeness (QED) is 0.766. The molecule has 0 heterocycles. The van der Waals surface area contributed by atoms with Crippen LogP contribution in [0, 0.1) is 0 Å². The van der Waals surface area contributed by atoms with Gasteiger partial charge >= 0.3 is 0 Å². The number of amides is 3. The molecule has 6 nitrogen and oxygen atoms in total. The number of benzene rings is 1. The van der Waals surface area contributed by atoms with Crippen LogP contribution in [0.1, 0.15) is 19.4 Å². The molecule has 6 heteroatoms. The Balaban J connectivity index is 2.37. The minimum absolute atomic E-state index is 0.0229. The Morgan fingerprint density at radius 3 is 2.17 bits per heavy atom. The summed E-state index contributed by atoms with van der Waals surface area (Å²) in [7, 11) is 1.56. The van der Waals surface area contributed by atoms with Crippen LogP contribution < -0.4 is 5.32 Å². The molecule has 1 N–H and O–H groups in total. The third kappa shape index (κ3) is 6.50. The molecular weight excluding hydrogens is 294 g/mol. The van der Waals surface area contributed by atoms with Crippen molar-refractivity contribution in [3.63, 3.8) is 0 Å². The van der Waals surface area contributed by atoms with E-state index in [9.17, 15) is 14.4 Å². The molecule has 126 valence electrons. The molecule has 0 fully saturated rings. The molecule has 0 spiro atoms. The molecule has 0 saturated carbocycles. The molecule has 0 unspecified atom stereocenters. The Bertz CT molecular complexity index is 527. The van der Waals surface area contributed by atoms with Crippen LogP contribution in [-0.2, 0) is 20.8 Å². The second kappa shape index (κ2) is 9.61. The smallest absolute Gasteiger partial charge is 0.242 e. The number of carbonyl (C=O) groups excluding carboxylic acids is 3. The summed E-state index contributed by atoms with van der Waals surface area (Å²) in [6.45, 7) is 4.94. The SMILES string of the molecule is CCN(CC)C(=O)CN(C)C(=O)CNC(=O)Cc1ccccc1. The van der Waals surface area contributed by atoms with Gasteiger partial charge in [0.1, 0.15) is 0 Å². The van der Waals surface area contributed by atoms with Gasteiger partial charge in [0.2, 0.25) is 17.7 Å². The van der Waals surface area contributed by atoms with Gasteiger partial charge in [0.15, 0.2) is 0 Å². The molecule has 23 heavy (non-hydrogen) atoms. The molecular formula is C17H25N3O3. The van der Waals surface area contributed by atoms with Gasteiger partial charge < -0.3 is 15.1 Å². The Morgan fingerprint density at radius 2 is 1.61 bits per heavy atom. The third-order valence-corrected chi connectivity index (χ3v) is 3.56. The summed E-state index contributed by atoms with van der Waals surface area (Å²) in [6, 6.07) is 9.32. The van der Waals surface area contributed by atoms with Crippen molar-refractivity contribution in [1.82, 2.24) is 15.1 Å². The van der Waals surface area contributed by atoms with Gasteiger partial charge in [-0.05, 0) is 19.4 Å². The van der Waals surface area contributed by atoms with E-state index in [0.717, 1.165) is 5.56 Å². The van der Waals surface area contributed by atoms with Crippen molar-refractivity contribution in [2.24, 2.45) is 0 Å². The van der Waals surface area contributed by atoms with E-state index in [1.807, 2.05) is 44.2 Å². The van der Waals surface area contributed by atoms with Crippen LogP contribution in [0.5, 0.6) is 0 Å². The lowest BCUT2D eigenvalue weighted by atomic mass is 10.1. The van der Waals surface area contributed by atoms with E-state index < -0.39 is 0 Å². The first-order chi connectivity index (χ1) is 11.0. The van der Waals surface area contributed by atoms with Gasteiger partial charge in [-0.2, -0.15) is 0 Å². The van der Waals surface area contributed by atoms with Crippen molar-refractivity contribution in [2.45, 2.75) is 20.3 Å². The average molecular weight is 319 g/mol. The largest absolute Gasteiger partial charge is 0.347 e. The highest BCUT2D eigenvalue weighted by atomic mass is 16.2. The van der Waals surface area contributed by atoms with Crippen LogP contribution in [0.3, 0.4) is 0 Å². The van der Waals surface area contributed by atoms with Gasteiger partial charge in [-0.1, -0.05) is 30.3 Å². The number of hydrogen-bond acceptors (Lipinski definition) is 3. The van der Waals surface area contributed by atoms with Crippen LogP contribution in [0.4, 0.5) is 0 Å². The highest BCUT2D eigenvalue weighted by molar-refractivity contribution is 5.88. The minimum atomic E-state index is -0.285. The highest BCUT2D eigenvalue weighted by Crippen LogP contribution is 1.99. The van der Waals surface area contributed by atoms with E-state index in [4.69, 9.17) is 0 Å². The fourth-order valence-corrected chi connectivity index (χ4v) is 2.12. The van der Waals surface area contributed by atoms with E-state index >= 15 is 0 Å². The van der Waals surface area contributed by atoms with Crippen LogP contribution in [0.25, 0.3) is 0 Å². The first kappa shape index (κ1) is 18.7. The number of hydrogen-bond donors (Lipinski definition) is 1. The number of likely N-dealkylation sites (N-methyl/N-ethyl adjacent to an activating group) is 2. The van der Waals surface area contributed by atoms with Crippen molar-refractivity contribution in [2.75, 3.05) is 33.2 Å². The van der Waals surface area contributed by atoms with Crippen molar-refractivity contribution in [1.29, 1.82) is 0 Å². The molecule has 3 amide bonds. The van der Waals surface area contributed by atoms with Crippen LogP contribution in [-0.4, -0.2) is 60.7 Å². The number of nitrogens with one attached hydrogen (secondary N) is 1. The van der Waals surface area contributed by atoms with Gasteiger partial charge in [0, 0.05) is 20.1 Å². The lowest BCUT2D eigenvalue weighted by molar-refractivity contribution is -0.139. The number of carbonyl (C=O) groups is 3. The van der Waals surface area contributed by atoms with E-state index in [2.05, 4.69) is 5.32 Å². The minimum Gasteiger partial charge on any atom is -0.347 e. The number of nitrogens with zero attached hydrogens (tertiary/aromatic N) is 2. The fraction of sp³-hybridized carbons (Fsp3) is 0.471. The number of rotatable bonds is 8. The summed E-state index contributed by atoms with van der Waals surface area (Å²) in [5.41, 5.74) is 0.891. The highest BCUT2D eigenvalue weighted by Gasteiger charge is 2.16. The Morgan fingerprint density at radius 1 is 1.00 bits per heavy atom. The zero-order valence-corrected chi connectivity index (χ0v) is 14.0. The van der Waals surface area contributed by atoms with E-state index in [1.165, 1.54) is 4.90 Å². The van der Waals surface area contributed by atoms with Crippen molar-refractivity contribution >= 4 is 17.7 Å². The topological polar surface area (TPSA) is 69.7 Å². The third-order valence-electron chi connectivity index (χ3n) is 3.56. The predicted molar refractivity (Wildman–Crippen MR) is 88.7 cm³/mol. The van der Waals surface area contributed by atoms with Gasteiger partial charge in [0.05, 0.1) is 19.5 Å². The van der Waals surface area contributed by atoms with Gasteiger partial charge in [-0.25, -0.2) is 0 Å². The summed E-state index contributed by atoms with van der Waals surface area (Å²) in [5.74, 6) is -0.596. The van der Waals surface area contributed by atoms with Gasteiger partial charge in [-0.15, -0.1) is 0 Å². The first-order valence-electron chi connectivity index (χ1n) is 7.80.